The largest absolute Gasteiger partial charge is 0.354 e. The van der Waals surface area contributed by atoms with Crippen molar-refractivity contribution in [3.05, 3.63) is 47.1 Å². The summed E-state index contributed by atoms with van der Waals surface area (Å²) in [6.45, 7) is 5.77. The summed E-state index contributed by atoms with van der Waals surface area (Å²) in [6.07, 6.45) is 1.67. The van der Waals surface area contributed by atoms with Gasteiger partial charge in [-0.1, -0.05) is 11.6 Å². The van der Waals surface area contributed by atoms with Gasteiger partial charge in [0.1, 0.15) is 5.82 Å². The number of anilines is 3. The standard InChI is InChI=1S/C16H19ClN4O/c1-10(2)19-16(22)21-15-7-5-13(9-18-15)20-14-6-4-12(17)8-11(14)3/h4-10,20H,1-3H3,(H2,18,19,21,22). The van der Waals surface area contributed by atoms with E-state index < -0.39 is 0 Å². The van der Waals surface area contributed by atoms with E-state index in [2.05, 4.69) is 20.9 Å². The third-order valence-electron chi connectivity index (χ3n) is 2.89. The highest BCUT2D eigenvalue weighted by molar-refractivity contribution is 6.30. The van der Waals surface area contributed by atoms with Crippen molar-refractivity contribution in [2.45, 2.75) is 26.8 Å². The Hall–Kier alpha value is -2.27. The van der Waals surface area contributed by atoms with Gasteiger partial charge in [-0.15, -0.1) is 0 Å². The summed E-state index contributed by atoms with van der Waals surface area (Å²) in [4.78, 5) is 15.8. The molecule has 2 rings (SSSR count). The number of hydrogen-bond donors (Lipinski definition) is 3. The van der Waals surface area contributed by atoms with Gasteiger partial charge in [-0.3, -0.25) is 5.32 Å². The lowest BCUT2D eigenvalue weighted by Gasteiger charge is -2.11. The summed E-state index contributed by atoms with van der Waals surface area (Å²) in [5.74, 6) is 0.497. The van der Waals surface area contributed by atoms with Crippen LogP contribution in [0.15, 0.2) is 36.5 Å². The number of nitrogens with one attached hydrogen (secondary N) is 3. The van der Waals surface area contributed by atoms with E-state index in [-0.39, 0.29) is 12.1 Å². The van der Waals surface area contributed by atoms with E-state index in [4.69, 9.17) is 11.6 Å². The minimum absolute atomic E-state index is 0.0776. The molecule has 0 spiro atoms. The average molecular weight is 319 g/mol. The second-order valence-electron chi connectivity index (χ2n) is 5.27. The van der Waals surface area contributed by atoms with Crippen LogP contribution in [-0.4, -0.2) is 17.1 Å². The summed E-state index contributed by atoms with van der Waals surface area (Å²) in [6, 6.07) is 9.05. The van der Waals surface area contributed by atoms with Crippen LogP contribution in [0.3, 0.4) is 0 Å². The molecule has 0 fully saturated rings. The van der Waals surface area contributed by atoms with Crippen molar-refractivity contribution in [1.29, 1.82) is 0 Å². The molecule has 1 aromatic carbocycles. The first-order valence-corrected chi connectivity index (χ1v) is 7.38. The molecule has 6 heteroatoms. The number of aromatic nitrogens is 1. The van der Waals surface area contributed by atoms with Gasteiger partial charge >= 0.3 is 6.03 Å². The fourth-order valence-electron chi connectivity index (χ4n) is 1.88. The molecule has 2 aromatic rings. The zero-order valence-corrected chi connectivity index (χ0v) is 13.5. The van der Waals surface area contributed by atoms with E-state index in [9.17, 15) is 4.79 Å². The Labute approximate surface area is 135 Å². The van der Waals surface area contributed by atoms with Crippen molar-refractivity contribution in [3.8, 4) is 0 Å². The minimum atomic E-state index is -0.267. The number of nitrogens with zero attached hydrogens (tertiary/aromatic N) is 1. The highest BCUT2D eigenvalue weighted by Crippen LogP contribution is 2.23. The molecule has 0 radical (unpaired) electrons. The number of carbonyl (C=O) groups excluding carboxylic acids is 1. The van der Waals surface area contributed by atoms with Crippen LogP contribution >= 0.6 is 11.6 Å². The number of hydrogen-bond acceptors (Lipinski definition) is 3. The molecule has 1 heterocycles. The molecule has 5 nitrogen and oxygen atoms in total. The quantitative estimate of drug-likeness (QED) is 0.786. The van der Waals surface area contributed by atoms with E-state index in [1.807, 2.05) is 45.0 Å². The molecule has 0 aliphatic carbocycles. The topological polar surface area (TPSA) is 66.0 Å². The molecule has 22 heavy (non-hydrogen) atoms. The zero-order chi connectivity index (χ0) is 16.1. The van der Waals surface area contributed by atoms with E-state index in [0.29, 0.717) is 10.8 Å². The molecule has 3 N–H and O–H groups in total. The van der Waals surface area contributed by atoms with E-state index in [0.717, 1.165) is 16.9 Å². The first kappa shape index (κ1) is 16.1. The Morgan fingerprint density at radius 3 is 2.59 bits per heavy atom. The van der Waals surface area contributed by atoms with Crippen molar-refractivity contribution < 1.29 is 4.79 Å². The fraction of sp³-hybridized carbons (Fsp3) is 0.250. The normalized spacial score (nSPS) is 10.4. The van der Waals surface area contributed by atoms with Gasteiger partial charge in [0.05, 0.1) is 11.9 Å². The van der Waals surface area contributed by atoms with Crippen LogP contribution in [-0.2, 0) is 0 Å². The van der Waals surface area contributed by atoms with Crippen molar-refractivity contribution >= 4 is 34.8 Å². The van der Waals surface area contributed by atoms with Crippen molar-refractivity contribution in [2.24, 2.45) is 0 Å². The number of urea groups is 1. The molecule has 116 valence electrons. The molecular formula is C16H19ClN4O. The Kier molecular flexibility index (Phi) is 5.22. The van der Waals surface area contributed by atoms with E-state index >= 15 is 0 Å². The maximum Gasteiger partial charge on any atom is 0.320 e. The molecule has 0 aliphatic heterocycles. The van der Waals surface area contributed by atoms with Crippen LogP contribution < -0.4 is 16.0 Å². The van der Waals surface area contributed by atoms with Gasteiger partial charge in [0.25, 0.3) is 0 Å². The summed E-state index contributed by atoms with van der Waals surface area (Å²) in [5.41, 5.74) is 2.84. The molecule has 1 aromatic heterocycles. The molecule has 0 bridgehead atoms. The molecular weight excluding hydrogens is 300 g/mol. The smallest absolute Gasteiger partial charge is 0.320 e. The zero-order valence-electron chi connectivity index (χ0n) is 12.8. The van der Waals surface area contributed by atoms with Crippen LogP contribution in [0.4, 0.5) is 22.0 Å². The number of benzene rings is 1. The molecule has 0 aliphatic rings. The van der Waals surface area contributed by atoms with E-state index in [1.54, 1.807) is 12.3 Å². The van der Waals surface area contributed by atoms with E-state index in [1.165, 1.54) is 0 Å². The Bertz CT molecular complexity index is 656. The number of amides is 2. The summed E-state index contributed by atoms with van der Waals surface area (Å²) >= 11 is 5.94. The van der Waals surface area contributed by atoms with Crippen LogP contribution in [0.1, 0.15) is 19.4 Å². The van der Waals surface area contributed by atoms with Gasteiger partial charge in [-0.2, -0.15) is 0 Å². The Morgan fingerprint density at radius 1 is 1.23 bits per heavy atom. The molecule has 0 unspecified atom stereocenters. The number of pyridine rings is 1. The van der Waals surface area contributed by atoms with Gasteiger partial charge in [0.2, 0.25) is 0 Å². The molecule has 0 atom stereocenters. The van der Waals surface area contributed by atoms with Crippen LogP contribution in [0, 0.1) is 6.92 Å². The number of carbonyl (C=O) groups is 1. The van der Waals surface area contributed by atoms with Gasteiger partial charge in [-0.25, -0.2) is 9.78 Å². The predicted octanol–water partition coefficient (Wildman–Crippen LogP) is 4.32. The summed E-state index contributed by atoms with van der Waals surface area (Å²) < 4.78 is 0. The second-order valence-corrected chi connectivity index (χ2v) is 5.71. The lowest BCUT2D eigenvalue weighted by atomic mass is 10.2. The molecule has 0 saturated heterocycles. The monoisotopic (exact) mass is 318 g/mol. The maximum absolute atomic E-state index is 11.6. The lowest BCUT2D eigenvalue weighted by molar-refractivity contribution is 0.250. The number of halogens is 1. The average Bonchev–Trinajstić information content (AvgIpc) is 2.43. The van der Waals surface area contributed by atoms with Crippen molar-refractivity contribution in [3.63, 3.8) is 0 Å². The highest BCUT2D eigenvalue weighted by atomic mass is 35.5. The van der Waals surface area contributed by atoms with Crippen LogP contribution in [0.2, 0.25) is 5.02 Å². The Balaban J connectivity index is 2.01. The van der Waals surface area contributed by atoms with Crippen LogP contribution in [0.25, 0.3) is 0 Å². The third kappa shape index (κ3) is 4.63. The number of aryl methyl sites for hydroxylation is 1. The number of rotatable bonds is 4. The highest BCUT2D eigenvalue weighted by Gasteiger charge is 2.05. The van der Waals surface area contributed by atoms with Gasteiger partial charge in [0.15, 0.2) is 0 Å². The van der Waals surface area contributed by atoms with Gasteiger partial charge in [0, 0.05) is 16.8 Å². The molecule has 0 saturated carbocycles. The van der Waals surface area contributed by atoms with Crippen molar-refractivity contribution in [1.82, 2.24) is 10.3 Å². The first-order chi connectivity index (χ1) is 10.4. The summed E-state index contributed by atoms with van der Waals surface area (Å²) in [5, 5.41) is 9.39. The molecule has 2 amide bonds. The fourth-order valence-corrected chi connectivity index (χ4v) is 2.11. The van der Waals surface area contributed by atoms with Crippen LogP contribution in [0.5, 0.6) is 0 Å². The van der Waals surface area contributed by atoms with Gasteiger partial charge < -0.3 is 10.6 Å². The third-order valence-corrected chi connectivity index (χ3v) is 3.13. The second kappa shape index (κ2) is 7.13. The SMILES string of the molecule is Cc1cc(Cl)ccc1Nc1ccc(NC(=O)NC(C)C)nc1. The van der Waals surface area contributed by atoms with Gasteiger partial charge in [-0.05, 0) is 56.7 Å². The predicted molar refractivity (Wildman–Crippen MR) is 91.0 cm³/mol. The van der Waals surface area contributed by atoms with Crippen molar-refractivity contribution in [2.75, 3.05) is 10.6 Å². The maximum atomic E-state index is 11.6. The minimum Gasteiger partial charge on any atom is -0.354 e. The summed E-state index contributed by atoms with van der Waals surface area (Å²) in [7, 11) is 0. The Morgan fingerprint density at radius 2 is 2.00 bits per heavy atom. The first-order valence-electron chi connectivity index (χ1n) is 7.01. The lowest BCUT2D eigenvalue weighted by Crippen LogP contribution is -2.34.